The molecule has 0 N–H and O–H groups in total. The van der Waals surface area contributed by atoms with E-state index in [1.165, 1.54) is 0 Å². The van der Waals surface area contributed by atoms with Gasteiger partial charge in [0.1, 0.15) is 5.75 Å². The van der Waals surface area contributed by atoms with Gasteiger partial charge in [0.25, 0.3) is 5.91 Å². The lowest BCUT2D eigenvalue weighted by molar-refractivity contribution is -0.125. The highest BCUT2D eigenvalue weighted by atomic mass is 16.5. The molecule has 32 heavy (non-hydrogen) atoms. The van der Waals surface area contributed by atoms with Gasteiger partial charge in [0.15, 0.2) is 11.5 Å². The molecule has 1 aliphatic rings. The molecule has 1 heterocycles. The minimum atomic E-state index is -0.0324. The van der Waals surface area contributed by atoms with Gasteiger partial charge in [0.2, 0.25) is 0 Å². The first-order valence-electron chi connectivity index (χ1n) is 10.6. The maximum atomic E-state index is 13.8. The van der Waals surface area contributed by atoms with Crippen LogP contribution in [0.1, 0.15) is 22.3 Å². The van der Waals surface area contributed by atoms with Gasteiger partial charge in [-0.3, -0.25) is 4.79 Å². The number of fused-ring (bicyclic) bond motifs is 1. The fourth-order valence-corrected chi connectivity index (χ4v) is 4.06. The van der Waals surface area contributed by atoms with E-state index < -0.39 is 0 Å². The molecule has 0 spiro atoms. The Balaban J connectivity index is 1.80. The minimum Gasteiger partial charge on any atom is -0.497 e. The quantitative estimate of drug-likeness (QED) is 0.526. The lowest BCUT2D eigenvalue weighted by Crippen LogP contribution is -2.31. The molecule has 3 aromatic carbocycles. The number of ether oxygens (including phenoxy) is 3. The Labute approximate surface area is 188 Å². The molecule has 0 unspecified atom stereocenters. The van der Waals surface area contributed by atoms with Crippen LogP contribution in [0.15, 0.2) is 66.7 Å². The third kappa shape index (κ3) is 4.33. The van der Waals surface area contributed by atoms with Gasteiger partial charge < -0.3 is 19.1 Å². The zero-order valence-corrected chi connectivity index (χ0v) is 18.6. The predicted molar refractivity (Wildman–Crippen MR) is 126 cm³/mol. The lowest BCUT2D eigenvalue weighted by atomic mass is 9.95. The van der Waals surface area contributed by atoms with E-state index in [0.29, 0.717) is 30.2 Å². The zero-order chi connectivity index (χ0) is 22.5. The second kappa shape index (κ2) is 9.60. The van der Waals surface area contributed by atoms with Crippen LogP contribution < -0.4 is 14.2 Å². The zero-order valence-electron chi connectivity index (χ0n) is 18.6. The van der Waals surface area contributed by atoms with E-state index >= 15 is 0 Å². The van der Waals surface area contributed by atoms with Crippen LogP contribution in [-0.4, -0.2) is 38.7 Å². The van der Waals surface area contributed by atoms with Crippen molar-refractivity contribution in [2.75, 3.05) is 27.9 Å². The number of benzene rings is 3. The van der Waals surface area contributed by atoms with Gasteiger partial charge in [-0.2, -0.15) is 0 Å². The molecule has 0 saturated heterocycles. The van der Waals surface area contributed by atoms with Crippen LogP contribution in [0.25, 0.3) is 11.6 Å². The molecule has 5 nitrogen and oxygen atoms in total. The fourth-order valence-electron chi connectivity index (χ4n) is 4.06. The van der Waals surface area contributed by atoms with E-state index in [9.17, 15) is 4.79 Å². The number of rotatable bonds is 6. The van der Waals surface area contributed by atoms with Crippen molar-refractivity contribution in [3.05, 3.63) is 89.0 Å². The number of carbonyl (C=O) groups excluding carboxylic acids is 1. The van der Waals surface area contributed by atoms with E-state index in [1.807, 2.05) is 77.7 Å². The molecular weight excluding hydrogens is 402 g/mol. The first kappa shape index (κ1) is 21.5. The molecule has 0 atom stereocenters. The molecule has 0 saturated carbocycles. The highest BCUT2D eigenvalue weighted by molar-refractivity contribution is 6.25. The van der Waals surface area contributed by atoms with E-state index in [0.717, 1.165) is 34.4 Å². The molecule has 0 aromatic heterocycles. The standard InChI is InChI=1S/C27H27NO4/c1-30-22-12-9-20(10-13-22)18-28-16-15-21-11-14-24(31-2)26(32-3)25(21)23(27(28)29)17-19-7-5-4-6-8-19/h4-14,17H,15-16,18H2,1-3H3/b23-17-. The highest BCUT2D eigenvalue weighted by Gasteiger charge is 2.30. The summed E-state index contributed by atoms with van der Waals surface area (Å²) in [5.41, 5.74) is 4.48. The van der Waals surface area contributed by atoms with Crippen molar-refractivity contribution >= 4 is 17.6 Å². The van der Waals surface area contributed by atoms with Crippen molar-refractivity contribution in [3.63, 3.8) is 0 Å². The largest absolute Gasteiger partial charge is 0.497 e. The van der Waals surface area contributed by atoms with Crippen molar-refractivity contribution in [2.45, 2.75) is 13.0 Å². The summed E-state index contributed by atoms with van der Waals surface area (Å²) in [6, 6.07) is 21.6. The van der Waals surface area contributed by atoms with Crippen LogP contribution in [0.3, 0.4) is 0 Å². The van der Waals surface area contributed by atoms with Gasteiger partial charge in [-0.25, -0.2) is 0 Å². The first-order valence-corrected chi connectivity index (χ1v) is 10.6. The Morgan fingerprint density at radius 3 is 2.28 bits per heavy atom. The third-order valence-corrected chi connectivity index (χ3v) is 5.71. The smallest absolute Gasteiger partial charge is 0.254 e. The van der Waals surface area contributed by atoms with Gasteiger partial charge in [-0.05, 0) is 47.4 Å². The molecular formula is C27H27NO4. The predicted octanol–water partition coefficient (Wildman–Crippen LogP) is 4.84. The summed E-state index contributed by atoms with van der Waals surface area (Å²) in [5, 5.41) is 0. The fraction of sp³-hybridized carbons (Fsp3) is 0.222. The molecule has 0 fully saturated rings. The van der Waals surface area contributed by atoms with E-state index in [1.54, 1.807) is 21.3 Å². The molecule has 164 valence electrons. The topological polar surface area (TPSA) is 48.0 Å². The molecule has 1 amide bonds. The number of nitrogens with zero attached hydrogens (tertiary/aromatic N) is 1. The van der Waals surface area contributed by atoms with Crippen LogP contribution in [0, 0.1) is 0 Å². The van der Waals surface area contributed by atoms with Gasteiger partial charge in [0, 0.05) is 18.7 Å². The second-order valence-corrected chi connectivity index (χ2v) is 7.63. The summed E-state index contributed by atoms with van der Waals surface area (Å²) < 4.78 is 16.5. The van der Waals surface area contributed by atoms with Crippen molar-refractivity contribution in [2.24, 2.45) is 0 Å². The lowest BCUT2D eigenvalue weighted by Gasteiger charge is -2.22. The van der Waals surface area contributed by atoms with Crippen molar-refractivity contribution < 1.29 is 19.0 Å². The summed E-state index contributed by atoms with van der Waals surface area (Å²) in [4.78, 5) is 15.7. The molecule has 3 aromatic rings. The SMILES string of the molecule is COc1ccc(CN2CCc3ccc(OC)c(OC)c3/C(=C/c3ccccc3)C2=O)cc1. The molecule has 5 heteroatoms. The maximum absolute atomic E-state index is 13.8. The van der Waals surface area contributed by atoms with E-state index in [-0.39, 0.29) is 5.91 Å². The summed E-state index contributed by atoms with van der Waals surface area (Å²) in [6.07, 6.45) is 2.67. The third-order valence-electron chi connectivity index (χ3n) is 5.71. The van der Waals surface area contributed by atoms with Gasteiger partial charge >= 0.3 is 0 Å². The molecule has 0 aliphatic carbocycles. The first-order chi connectivity index (χ1) is 15.6. The number of hydrogen-bond acceptors (Lipinski definition) is 4. The molecule has 0 bridgehead atoms. The monoisotopic (exact) mass is 429 g/mol. The molecule has 1 aliphatic heterocycles. The summed E-state index contributed by atoms with van der Waals surface area (Å²) in [5.74, 6) is 1.97. The summed E-state index contributed by atoms with van der Waals surface area (Å²) >= 11 is 0. The number of amides is 1. The van der Waals surface area contributed by atoms with Crippen molar-refractivity contribution in [1.29, 1.82) is 0 Å². The van der Waals surface area contributed by atoms with Crippen molar-refractivity contribution in [1.82, 2.24) is 4.90 Å². The molecule has 0 radical (unpaired) electrons. The minimum absolute atomic E-state index is 0.0324. The second-order valence-electron chi connectivity index (χ2n) is 7.63. The van der Waals surface area contributed by atoms with Gasteiger partial charge in [0.05, 0.1) is 26.9 Å². The number of hydrogen-bond donors (Lipinski definition) is 0. The van der Waals surface area contributed by atoms with Crippen LogP contribution in [0.5, 0.6) is 17.2 Å². The average Bonchev–Trinajstić information content (AvgIpc) is 2.96. The number of methoxy groups -OCH3 is 3. The Kier molecular flexibility index (Phi) is 6.45. The van der Waals surface area contributed by atoms with Crippen LogP contribution in [0.4, 0.5) is 0 Å². The summed E-state index contributed by atoms with van der Waals surface area (Å²) in [7, 11) is 4.87. The van der Waals surface area contributed by atoms with E-state index in [4.69, 9.17) is 14.2 Å². The number of carbonyl (C=O) groups is 1. The average molecular weight is 430 g/mol. The van der Waals surface area contributed by atoms with Gasteiger partial charge in [-0.15, -0.1) is 0 Å². The van der Waals surface area contributed by atoms with Crippen LogP contribution in [0.2, 0.25) is 0 Å². The van der Waals surface area contributed by atoms with Crippen LogP contribution in [-0.2, 0) is 17.8 Å². The summed E-state index contributed by atoms with van der Waals surface area (Å²) in [6.45, 7) is 1.13. The Bertz CT molecular complexity index is 1120. The van der Waals surface area contributed by atoms with Crippen LogP contribution >= 0.6 is 0 Å². The molecule has 4 rings (SSSR count). The normalized spacial score (nSPS) is 14.7. The van der Waals surface area contributed by atoms with Gasteiger partial charge in [-0.1, -0.05) is 48.5 Å². The van der Waals surface area contributed by atoms with Crippen molar-refractivity contribution in [3.8, 4) is 17.2 Å². The Morgan fingerprint density at radius 2 is 1.62 bits per heavy atom. The maximum Gasteiger partial charge on any atom is 0.254 e. The highest BCUT2D eigenvalue weighted by Crippen LogP contribution is 2.41. The van der Waals surface area contributed by atoms with E-state index in [2.05, 4.69) is 0 Å². The Hall–Kier alpha value is -3.73. The Morgan fingerprint density at radius 1 is 0.875 bits per heavy atom.